The highest BCUT2D eigenvalue weighted by Gasteiger charge is 2.17. The summed E-state index contributed by atoms with van der Waals surface area (Å²) < 4.78 is 27.0. The SMILES string of the molecule is CC(Cc1c(F)cccc1F)NC(=O)c1nc(N)n[nH]1. The van der Waals surface area contributed by atoms with E-state index < -0.39 is 23.6 Å². The summed E-state index contributed by atoms with van der Waals surface area (Å²) in [6.45, 7) is 1.63. The lowest BCUT2D eigenvalue weighted by Crippen LogP contribution is -2.35. The lowest BCUT2D eigenvalue weighted by Gasteiger charge is -2.13. The smallest absolute Gasteiger partial charge is 0.288 e. The van der Waals surface area contributed by atoms with Crippen LogP contribution in [0, 0.1) is 11.6 Å². The first kappa shape index (κ1) is 13.9. The van der Waals surface area contributed by atoms with E-state index in [0.717, 1.165) is 0 Å². The zero-order valence-corrected chi connectivity index (χ0v) is 10.7. The monoisotopic (exact) mass is 281 g/mol. The van der Waals surface area contributed by atoms with Crippen molar-refractivity contribution < 1.29 is 13.6 Å². The van der Waals surface area contributed by atoms with Gasteiger partial charge in [0.2, 0.25) is 11.8 Å². The lowest BCUT2D eigenvalue weighted by atomic mass is 10.1. The number of hydrogen-bond acceptors (Lipinski definition) is 4. The van der Waals surface area contributed by atoms with Crippen molar-refractivity contribution in [3.8, 4) is 0 Å². The highest BCUT2D eigenvalue weighted by Crippen LogP contribution is 2.14. The van der Waals surface area contributed by atoms with E-state index in [1.807, 2.05) is 0 Å². The van der Waals surface area contributed by atoms with Crippen LogP contribution in [0.1, 0.15) is 23.1 Å². The number of carbonyl (C=O) groups excluding carboxylic acids is 1. The van der Waals surface area contributed by atoms with Gasteiger partial charge in [-0.1, -0.05) is 6.07 Å². The third kappa shape index (κ3) is 3.08. The largest absolute Gasteiger partial charge is 0.366 e. The van der Waals surface area contributed by atoms with Gasteiger partial charge < -0.3 is 11.1 Å². The first-order chi connectivity index (χ1) is 9.47. The molecule has 0 spiro atoms. The minimum absolute atomic E-state index is 0.0217. The third-order valence-corrected chi connectivity index (χ3v) is 2.67. The number of nitrogens with one attached hydrogen (secondary N) is 2. The number of rotatable bonds is 4. The average molecular weight is 281 g/mol. The average Bonchev–Trinajstić information content (AvgIpc) is 2.81. The third-order valence-electron chi connectivity index (χ3n) is 2.67. The zero-order valence-electron chi connectivity index (χ0n) is 10.7. The Kier molecular flexibility index (Phi) is 3.92. The van der Waals surface area contributed by atoms with Crippen LogP contribution in [0.2, 0.25) is 0 Å². The molecule has 8 heteroatoms. The van der Waals surface area contributed by atoms with Gasteiger partial charge in [-0.05, 0) is 25.5 Å². The maximum absolute atomic E-state index is 13.5. The standard InChI is InChI=1S/C12H13F2N5O/c1-6(5-7-8(13)3-2-4-9(7)14)16-11(20)10-17-12(15)19-18-10/h2-4,6H,5H2,1H3,(H,16,20)(H3,15,17,18,19). The fourth-order valence-corrected chi connectivity index (χ4v) is 1.75. The van der Waals surface area contributed by atoms with E-state index in [1.165, 1.54) is 18.2 Å². The predicted molar refractivity (Wildman–Crippen MR) is 67.8 cm³/mol. The second kappa shape index (κ2) is 5.64. The maximum Gasteiger partial charge on any atom is 0.288 e. The molecule has 1 atom stereocenters. The summed E-state index contributed by atoms with van der Waals surface area (Å²) in [5, 5.41) is 8.42. The summed E-state index contributed by atoms with van der Waals surface area (Å²) in [5.41, 5.74) is 5.21. The lowest BCUT2D eigenvalue weighted by molar-refractivity contribution is 0.0929. The Bertz CT molecular complexity index is 608. The van der Waals surface area contributed by atoms with Crippen molar-refractivity contribution in [2.45, 2.75) is 19.4 Å². The Hall–Kier alpha value is -2.51. The summed E-state index contributed by atoms with van der Waals surface area (Å²) >= 11 is 0. The normalized spacial score (nSPS) is 12.2. The topological polar surface area (TPSA) is 96.7 Å². The van der Waals surface area contributed by atoms with Crippen LogP contribution in [-0.2, 0) is 6.42 Å². The number of nitrogens with two attached hydrogens (primary N) is 1. The number of aromatic nitrogens is 3. The van der Waals surface area contributed by atoms with Gasteiger partial charge in [-0.3, -0.25) is 9.89 Å². The van der Waals surface area contributed by atoms with Gasteiger partial charge >= 0.3 is 0 Å². The van der Waals surface area contributed by atoms with Gasteiger partial charge in [0.1, 0.15) is 11.6 Å². The molecule has 2 rings (SSSR count). The summed E-state index contributed by atoms with van der Waals surface area (Å²) in [7, 11) is 0. The molecular formula is C12H13F2N5O. The Morgan fingerprint density at radius 1 is 1.45 bits per heavy atom. The highest BCUT2D eigenvalue weighted by atomic mass is 19.1. The molecule has 1 amide bonds. The van der Waals surface area contributed by atoms with Gasteiger partial charge in [-0.25, -0.2) is 8.78 Å². The van der Waals surface area contributed by atoms with Crippen LogP contribution in [0.3, 0.4) is 0 Å². The molecule has 0 aliphatic heterocycles. The summed E-state index contributed by atoms with van der Waals surface area (Å²) in [6, 6.07) is 3.14. The molecule has 0 fully saturated rings. The first-order valence-corrected chi connectivity index (χ1v) is 5.89. The van der Waals surface area contributed by atoms with Crippen molar-refractivity contribution in [2.75, 3.05) is 5.73 Å². The molecule has 0 aliphatic rings. The Labute approximate surface area is 113 Å². The summed E-state index contributed by atoms with van der Waals surface area (Å²) in [6.07, 6.45) is 0.0217. The molecule has 6 nitrogen and oxygen atoms in total. The molecule has 0 radical (unpaired) electrons. The fraction of sp³-hybridized carbons (Fsp3) is 0.250. The number of benzene rings is 1. The molecule has 1 aromatic carbocycles. The highest BCUT2D eigenvalue weighted by molar-refractivity contribution is 5.90. The minimum Gasteiger partial charge on any atom is -0.366 e. The van der Waals surface area contributed by atoms with Gasteiger partial charge in [0.15, 0.2) is 0 Å². The van der Waals surface area contributed by atoms with E-state index in [0.29, 0.717) is 0 Å². The van der Waals surface area contributed by atoms with Crippen LogP contribution in [0.25, 0.3) is 0 Å². The van der Waals surface area contributed by atoms with Gasteiger partial charge in [-0.15, -0.1) is 5.10 Å². The number of hydrogen-bond donors (Lipinski definition) is 3. The fourth-order valence-electron chi connectivity index (χ4n) is 1.75. The number of halogens is 2. The summed E-state index contributed by atoms with van der Waals surface area (Å²) in [5.74, 6) is -1.94. The predicted octanol–water partition coefficient (Wildman–Crippen LogP) is 1.03. The van der Waals surface area contributed by atoms with Gasteiger partial charge in [0.05, 0.1) is 0 Å². The molecule has 0 saturated heterocycles. The van der Waals surface area contributed by atoms with Crippen molar-refractivity contribution in [3.63, 3.8) is 0 Å². The minimum atomic E-state index is -0.644. The van der Waals surface area contributed by atoms with Crippen molar-refractivity contribution in [1.82, 2.24) is 20.5 Å². The number of amides is 1. The van der Waals surface area contributed by atoms with Crippen LogP contribution in [-0.4, -0.2) is 27.1 Å². The van der Waals surface area contributed by atoms with E-state index in [4.69, 9.17) is 5.73 Å². The molecule has 0 bridgehead atoms. The summed E-state index contributed by atoms with van der Waals surface area (Å²) in [4.78, 5) is 15.4. The number of nitrogen functional groups attached to an aromatic ring is 1. The maximum atomic E-state index is 13.5. The van der Waals surface area contributed by atoms with Crippen LogP contribution in [0.5, 0.6) is 0 Å². The Balaban J connectivity index is 2.02. The van der Waals surface area contributed by atoms with E-state index in [1.54, 1.807) is 6.92 Å². The molecule has 4 N–H and O–H groups in total. The van der Waals surface area contributed by atoms with Crippen LogP contribution in [0.15, 0.2) is 18.2 Å². The Morgan fingerprint density at radius 3 is 2.65 bits per heavy atom. The molecule has 20 heavy (non-hydrogen) atoms. The second-order valence-corrected chi connectivity index (χ2v) is 4.32. The molecule has 2 aromatic rings. The number of aromatic amines is 1. The quantitative estimate of drug-likeness (QED) is 0.779. The molecule has 0 aliphatic carbocycles. The zero-order chi connectivity index (χ0) is 14.7. The molecule has 1 aromatic heterocycles. The van der Waals surface area contributed by atoms with E-state index in [2.05, 4.69) is 20.5 Å². The number of H-pyrrole nitrogens is 1. The van der Waals surface area contributed by atoms with Gasteiger partial charge in [-0.2, -0.15) is 4.98 Å². The molecule has 1 heterocycles. The molecular weight excluding hydrogens is 268 g/mol. The van der Waals surface area contributed by atoms with Crippen molar-refractivity contribution in [2.24, 2.45) is 0 Å². The van der Waals surface area contributed by atoms with Crippen LogP contribution < -0.4 is 11.1 Å². The molecule has 1 unspecified atom stereocenters. The molecule has 0 saturated carbocycles. The molecule has 106 valence electrons. The van der Waals surface area contributed by atoms with Gasteiger partial charge in [0.25, 0.3) is 5.91 Å². The number of anilines is 1. The second-order valence-electron chi connectivity index (χ2n) is 4.32. The van der Waals surface area contributed by atoms with Crippen molar-refractivity contribution in [3.05, 3.63) is 41.2 Å². The first-order valence-electron chi connectivity index (χ1n) is 5.89. The van der Waals surface area contributed by atoms with Crippen molar-refractivity contribution >= 4 is 11.9 Å². The van der Waals surface area contributed by atoms with Crippen molar-refractivity contribution in [1.29, 1.82) is 0 Å². The van der Waals surface area contributed by atoms with E-state index in [9.17, 15) is 13.6 Å². The van der Waals surface area contributed by atoms with E-state index >= 15 is 0 Å². The Morgan fingerprint density at radius 2 is 2.10 bits per heavy atom. The van der Waals surface area contributed by atoms with E-state index in [-0.39, 0.29) is 23.8 Å². The van der Waals surface area contributed by atoms with Crippen LogP contribution >= 0.6 is 0 Å². The number of nitrogens with zero attached hydrogens (tertiary/aromatic N) is 2. The number of carbonyl (C=O) groups is 1. The van der Waals surface area contributed by atoms with Gasteiger partial charge in [0, 0.05) is 11.6 Å². The van der Waals surface area contributed by atoms with Crippen LogP contribution in [0.4, 0.5) is 14.7 Å².